The summed E-state index contributed by atoms with van der Waals surface area (Å²) in [5.74, 6) is -0.142. The van der Waals surface area contributed by atoms with Crippen LogP contribution in [0.2, 0.25) is 0 Å². The minimum absolute atomic E-state index is 0.0512. The van der Waals surface area contributed by atoms with E-state index >= 15 is 0 Å². The molecule has 0 spiro atoms. The van der Waals surface area contributed by atoms with E-state index < -0.39 is 12.1 Å². The zero-order valence-corrected chi connectivity index (χ0v) is 12.0. The zero-order valence-electron chi connectivity index (χ0n) is 12.0. The Kier molecular flexibility index (Phi) is 3.97. The van der Waals surface area contributed by atoms with Crippen molar-refractivity contribution in [2.75, 3.05) is 7.05 Å². The van der Waals surface area contributed by atoms with Gasteiger partial charge in [-0.15, -0.1) is 0 Å². The molecule has 5 nitrogen and oxygen atoms in total. The van der Waals surface area contributed by atoms with E-state index in [1.807, 2.05) is 38.1 Å². The molecule has 20 heavy (non-hydrogen) atoms. The van der Waals surface area contributed by atoms with Gasteiger partial charge in [0.2, 0.25) is 5.91 Å². The van der Waals surface area contributed by atoms with E-state index in [9.17, 15) is 14.7 Å². The Morgan fingerprint density at radius 2 is 1.90 bits per heavy atom. The maximum Gasteiger partial charge on any atom is 0.408 e. The first-order valence-corrected chi connectivity index (χ1v) is 6.74. The monoisotopic (exact) mass is 276 g/mol. The van der Waals surface area contributed by atoms with Crippen LogP contribution in [0.1, 0.15) is 25.0 Å². The van der Waals surface area contributed by atoms with Crippen LogP contribution in [0, 0.1) is 0 Å². The lowest BCUT2D eigenvalue weighted by atomic mass is 9.93. The minimum Gasteiger partial charge on any atom is -0.465 e. The van der Waals surface area contributed by atoms with Crippen LogP contribution in [0.4, 0.5) is 4.79 Å². The second kappa shape index (κ2) is 5.53. The molecule has 0 aromatic heterocycles. The average Bonchev–Trinajstić information content (AvgIpc) is 2.44. The molecule has 2 amide bonds. The van der Waals surface area contributed by atoms with Gasteiger partial charge in [0.1, 0.15) is 6.04 Å². The van der Waals surface area contributed by atoms with E-state index in [-0.39, 0.29) is 18.5 Å². The molecule has 0 bridgehead atoms. The number of amides is 2. The summed E-state index contributed by atoms with van der Waals surface area (Å²) in [6.45, 7) is 4.10. The highest BCUT2D eigenvalue weighted by Gasteiger charge is 2.36. The third-order valence-corrected chi connectivity index (χ3v) is 3.90. The SMILES string of the molecule is CC(C)N(C)C(=O)[C@@H]1Cc2ccccc2CN1C(=O)O. The number of carbonyl (C=O) groups is 2. The number of fused-ring (bicyclic) bond motifs is 1. The number of carbonyl (C=O) groups excluding carboxylic acids is 1. The van der Waals surface area contributed by atoms with Gasteiger partial charge in [0.05, 0.1) is 6.54 Å². The number of hydrogen-bond donors (Lipinski definition) is 1. The van der Waals surface area contributed by atoms with Crippen molar-refractivity contribution in [3.05, 3.63) is 35.4 Å². The number of benzene rings is 1. The fraction of sp³-hybridized carbons (Fsp3) is 0.467. The lowest BCUT2D eigenvalue weighted by Crippen LogP contribution is -2.53. The summed E-state index contributed by atoms with van der Waals surface area (Å²) < 4.78 is 0. The average molecular weight is 276 g/mol. The molecule has 0 saturated heterocycles. The summed E-state index contributed by atoms with van der Waals surface area (Å²) in [5.41, 5.74) is 2.03. The Balaban J connectivity index is 2.31. The third kappa shape index (κ3) is 2.61. The van der Waals surface area contributed by atoms with E-state index in [0.717, 1.165) is 11.1 Å². The van der Waals surface area contributed by atoms with Gasteiger partial charge in [-0.05, 0) is 25.0 Å². The second-order valence-corrected chi connectivity index (χ2v) is 5.44. The largest absolute Gasteiger partial charge is 0.465 e. The predicted molar refractivity (Wildman–Crippen MR) is 75.4 cm³/mol. The maximum absolute atomic E-state index is 12.5. The normalized spacial score (nSPS) is 17.8. The molecule has 1 aromatic rings. The van der Waals surface area contributed by atoms with Gasteiger partial charge in [-0.1, -0.05) is 24.3 Å². The van der Waals surface area contributed by atoms with Crippen LogP contribution < -0.4 is 0 Å². The van der Waals surface area contributed by atoms with Gasteiger partial charge in [0, 0.05) is 19.5 Å². The first-order valence-electron chi connectivity index (χ1n) is 6.74. The first kappa shape index (κ1) is 14.4. The van der Waals surface area contributed by atoms with Crippen LogP contribution in [0.15, 0.2) is 24.3 Å². The van der Waals surface area contributed by atoms with Gasteiger partial charge >= 0.3 is 6.09 Å². The molecule has 108 valence electrons. The van der Waals surface area contributed by atoms with Crippen LogP contribution in [0.25, 0.3) is 0 Å². The van der Waals surface area contributed by atoms with Crippen molar-refractivity contribution in [3.63, 3.8) is 0 Å². The highest BCUT2D eigenvalue weighted by molar-refractivity contribution is 5.86. The molecule has 1 aliphatic rings. The Hall–Kier alpha value is -2.04. The van der Waals surface area contributed by atoms with Crippen molar-refractivity contribution in [2.24, 2.45) is 0 Å². The molecular formula is C15H20N2O3. The summed E-state index contributed by atoms with van der Waals surface area (Å²) in [7, 11) is 1.72. The zero-order chi connectivity index (χ0) is 14.9. The van der Waals surface area contributed by atoms with Gasteiger partial charge in [-0.25, -0.2) is 4.79 Å². The lowest BCUT2D eigenvalue weighted by molar-refractivity contribution is -0.137. The molecule has 1 N–H and O–H groups in total. The molecule has 0 radical (unpaired) electrons. The molecule has 1 atom stereocenters. The van der Waals surface area contributed by atoms with Gasteiger partial charge in [-0.2, -0.15) is 0 Å². The summed E-state index contributed by atoms with van der Waals surface area (Å²) >= 11 is 0. The molecule has 0 fully saturated rings. The molecule has 0 saturated carbocycles. The van der Waals surface area contributed by atoms with E-state index in [1.54, 1.807) is 11.9 Å². The van der Waals surface area contributed by atoms with Gasteiger partial charge in [-0.3, -0.25) is 9.69 Å². The van der Waals surface area contributed by atoms with Gasteiger partial charge < -0.3 is 10.0 Å². The van der Waals surface area contributed by atoms with Gasteiger partial charge in [0.25, 0.3) is 0 Å². The van der Waals surface area contributed by atoms with Gasteiger partial charge in [0.15, 0.2) is 0 Å². The Labute approximate surface area is 118 Å². The van der Waals surface area contributed by atoms with Crippen molar-refractivity contribution >= 4 is 12.0 Å². The van der Waals surface area contributed by atoms with Crippen molar-refractivity contribution < 1.29 is 14.7 Å². The second-order valence-electron chi connectivity index (χ2n) is 5.44. The molecule has 2 rings (SSSR count). The number of rotatable bonds is 2. The Bertz CT molecular complexity index is 528. The fourth-order valence-electron chi connectivity index (χ4n) is 2.43. The number of nitrogens with zero attached hydrogens (tertiary/aromatic N) is 2. The third-order valence-electron chi connectivity index (χ3n) is 3.90. The molecule has 0 unspecified atom stereocenters. The van der Waals surface area contributed by atoms with E-state index in [2.05, 4.69) is 0 Å². The van der Waals surface area contributed by atoms with Crippen molar-refractivity contribution in [1.82, 2.24) is 9.80 Å². The van der Waals surface area contributed by atoms with Crippen LogP contribution in [0.3, 0.4) is 0 Å². The topological polar surface area (TPSA) is 60.9 Å². The summed E-state index contributed by atoms with van der Waals surface area (Å²) in [6, 6.07) is 7.11. The fourth-order valence-corrected chi connectivity index (χ4v) is 2.43. The summed E-state index contributed by atoms with van der Waals surface area (Å²) in [4.78, 5) is 26.8. The van der Waals surface area contributed by atoms with Crippen molar-refractivity contribution in [3.8, 4) is 0 Å². The highest BCUT2D eigenvalue weighted by atomic mass is 16.4. The molecule has 1 heterocycles. The molecule has 0 aliphatic carbocycles. The highest BCUT2D eigenvalue weighted by Crippen LogP contribution is 2.24. The maximum atomic E-state index is 12.5. The molecule has 1 aliphatic heterocycles. The smallest absolute Gasteiger partial charge is 0.408 e. The number of hydrogen-bond acceptors (Lipinski definition) is 2. The summed E-state index contributed by atoms with van der Waals surface area (Å²) in [5, 5.41) is 9.36. The van der Waals surface area contributed by atoms with E-state index in [1.165, 1.54) is 4.90 Å². The molecular weight excluding hydrogens is 256 g/mol. The van der Waals surface area contributed by atoms with Crippen molar-refractivity contribution in [2.45, 2.75) is 38.9 Å². The lowest BCUT2D eigenvalue weighted by Gasteiger charge is -2.37. The van der Waals surface area contributed by atoms with E-state index in [4.69, 9.17) is 0 Å². The Morgan fingerprint density at radius 1 is 1.30 bits per heavy atom. The first-order chi connectivity index (χ1) is 9.41. The van der Waals surface area contributed by atoms with Crippen LogP contribution in [0.5, 0.6) is 0 Å². The van der Waals surface area contributed by atoms with E-state index in [0.29, 0.717) is 6.42 Å². The summed E-state index contributed by atoms with van der Waals surface area (Å²) in [6.07, 6.45) is -0.603. The molecule has 1 aromatic carbocycles. The quantitative estimate of drug-likeness (QED) is 0.898. The standard InChI is InChI=1S/C15H20N2O3/c1-10(2)16(3)14(18)13-8-11-6-4-5-7-12(11)9-17(13)15(19)20/h4-7,10,13H,8-9H2,1-3H3,(H,19,20)/t13-/m0/s1. The predicted octanol–water partition coefficient (Wildman–Crippen LogP) is 1.96. The van der Waals surface area contributed by atoms with Crippen LogP contribution in [-0.4, -0.2) is 46.0 Å². The molecule has 5 heteroatoms. The van der Waals surface area contributed by atoms with Crippen molar-refractivity contribution in [1.29, 1.82) is 0 Å². The minimum atomic E-state index is -1.05. The van der Waals surface area contributed by atoms with Crippen LogP contribution >= 0.6 is 0 Å². The Morgan fingerprint density at radius 3 is 2.45 bits per heavy atom. The number of likely N-dealkylation sites (N-methyl/N-ethyl adjacent to an activating group) is 1. The van der Waals surface area contributed by atoms with Crippen LogP contribution in [-0.2, 0) is 17.8 Å². The number of carboxylic acid groups (broad SMARTS) is 1.